The van der Waals surface area contributed by atoms with Crippen LogP contribution >= 0.6 is 0 Å². The first-order valence-electron chi connectivity index (χ1n) is 8.93. The lowest BCUT2D eigenvalue weighted by Gasteiger charge is -2.16. The molecule has 0 radical (unpaired) electrons. The summed E-state index contributed by atoms with van der Waals surface area (Å²) in [6, 6.07) is 12.9. The van der Waals surface area contributed by atoms with Gasteiger partial charge in [-0.25, -0.2) is 18.2 Å². The fourth-order valence-electron chi connectivity index (χ4n) is 3.00. The lowest BCUT2D eigenvalue weighted by atomic mass is 10.00. The molecular weight excluding hydrogens is 406 g/mol. The summed E-state index contributed by atoms with van der Waals surface area (Å²) >= 11 is 0. The van der Waals surface area contributed by atoms with Gasteiger partial charge in [0, 0.05) is 11.9 Å². The molecule has 0 aliphatic heterocycles. The van der Waals surface area contributed by atoms with Crippen LogP contribution in [0.1, 0.15) is 29.7 Å². The van der Waals surface area contributed by atoms with Crippen molar-refractivity contribution in [1.82, 2.24) is 9.78 Å². The molecule has 0 aliphatic carbocycles. The lowest BCUT2D eigenvalue weighted by molar-refractivity contribution is -0.124. The van der Waals surface area contributed by atoms with Crippen molar-refractivity contribution in [3.05, 3.63) is 71.5 Å². The van der Waals surface area contributed by atoms with Gasteiger partial charge in [-0.15, -0.1) is 0 Å². The summed E-state index contributed by atoms with van der Waals surface area (Å²) in [7, 11) is -4.18. The van der Waals surface area contributed by atoms with Crippen LogP contribution in [0.3, 0.4) is 0 Å². The molecule has 154 valence electrons. The predicted molar refractivity (Wildman–Crippen MR) is 109 cm³/mol. The van der Waals surface area contributed by atoms with Crippen molar-refractivity contribution >= 4 is 21.6 Å². The minimum atomic E-state index is -4.18. The Morgan fingerprint density at radius 1 is 1.33 bits per heavy atom. The second-order valence-corrected chi connectivity index (χ2v) is 7.99. The lowest BCUT2D eigenvalue weighted by Crippen LogP contribution is -2.22. The number of nitrogens with zero attached hydrogens (tertiary/aromatic N) is 3. The number of amides is 1. The van der Waals surface area contributed by atoms with Crippen molar-refractivity contribution in [2.45, 2.75) is 24.3 Å². The third kappa shape index (κ3) is 4.38. The monoisotopic (exact) mass is 425 g/mol. The van der Waals surface area contributed by atoms with E-state index in [2.05, 4.69) is 10.4 Å². The topological polar surface area (TPSA) is 151 Å². The standard InChI is InChI=1S/C20H19N5O4S/c1-2-14-5-3-4-6-16(14)19(26)20(27)24-15-7-8-17(18(9-15)30(22,28)29)25-12-13(10-21)11-23-25/h3-9,11-12,19,26H,2H2,1H3,(H,24,27)(H2,22,28,29). The fourth-order valence-corrected chi connectivity index (χ4v) is 3.74. The molecule has 1 aromatic heterocycles. The van der Waals surface area contributed by atoms with Gasteiger partial charge in [-0.05, 0) is 35.7 Å². The molecule has 0 fully saturated rings. The molecule has 1 amide bonds. The number of nitrogens with two attached hydrogens (primary N) is 1. The van der Waals surface area contributed by atoms with Crippen molar-refractivity contribution in [2.24, 2.45) is 5.14 Å². The Kier molecular flexibility index (Phi) is 5.98. The van der Waals surface area contributed by atoms with E-state index >= 15 is 0 Å². The van der Waals surface area contributed by atoms with E-state index in [0.717, 1.165) is 5.56 Å². The number of aliphatic hydroxyl groups is 1. The first kappa shape index (κ1) is 21.2. The number of hydrogen-bond donors (Lipinski definition) is 3. The summed E-state index contributed by atoms with van der Waals surface area (Å²) in [4.78, 5) is 12.2. The summed E-state index contributed by atoms with van der Waals surface area (Å²) in [5, 5.41) is 31.2. The molecule has 10 heteroatoms. The number of carbonyl (C=O) groups is 1. The van der Waals surface area contributed by atoms with Gasteiger partial charge in [-0.3, -0.25) is 4.79 Å². The highest BCUT2D eigenvalue weighted by molar-refractivity contribution is 7.89. The van der Waals surface area contributed by atoms with Gasteiger partial charge in [-0.2, -0.15) is 10.4 Å². The zero-order valence-corrected chi connectivity index (χ0v) is 16.8. The number of hydrogen-bond acceptors (Lipinski definition) is 6. The van der Waals surface area contributed by atoms with Gasteiger partial charge in [0.05, 0.1) is 17.4 Å². The van der Waals surface area contributed by atoms with Gasteiger partial charge < -0.3 is 10.4 Å². The number of aliphatic hydroxyl groups excluding tert-OH is 1. The minimum Gasteiger partial charge on any atom is -0.378 e. The molecule has 1 heterocycles. The van der Waals surface area contributed by atoms with E-state index < -0.39 is 22.0 Å². The molecule has 0 saturated heterocycles. The first-order chi connectivity index (χ1) is 14.2. The molecule has 2 aromatic carbocycles. The minimum absolute atomic E-state index is 0.119. The second kappa shape index (κ2) is 8.46. The number of aromatic nitrogens is 2. The summed E-state index contributed by atoms with van der Waals surface area (Å²) in [5.41, 5.74) is 1.79. The van der Waals surface area contributed by atoms with Gasteiger partial charge in [0.1, 0.15) is 11.0 Å². The van der Waals surface area contributed by atoms with Crippen LogP contribution in [0.25, 0.3) is 5.69 Å². The molecule has 0 aliphatic rings. The van der Waals surface area contributed by atoms with Crippen LogP contribution in [0.15, 0.2) is 59.8 Å². The summed E-state index contributed by atoms with van der Waals surface area (Å²) < 4.78 is 25.4. The maximum atomic E-state index is 12.5. The largest absolute Gasteiger partial charge is 0.378 e. The van der Waals surface area contributed by atoms with Crippen LogP contribution in [-0.4, -0.2) is 29.2 Å². The number of nitrogens with one attached hydrogen (secondary N) is 1. The Balaban J connectivity index is 1.93. The number of anilines is 1. The molecule has 3 rings (SSSR count). The van der Waals surface area contributed by atoms with Gasteiger partial charge in [0.25, 0.3) is 5.91 Å². The zero-order valence-electron chi connectivity index (χ0n) is 16.0. The SMILES string of the molecule is CCc1ccccc1C(O)C(=O)Nc1ccc(-n2cc(C#N)cn2)c(S(N)(=O)=O)c1. The van der Waals surface area contributed by atoms with E-state index in [1.807, 2.05) is 25.1 Å². The van der Waals surface area contributed by atoms with E-state index in [0.29, 0.717) is 12.0 Å². The molecule has 1 unspecified atom stereocenters. The van der Waals surface area contributed by atoms with Crippen molar-refractivity contribution in [3.8, 4) is 11.8 Å². The molecule has 30 heavy (non-hydrogen) atoms. The quantitative estimate of drug-likeness (QED) is 0.546. The fraction of sp³-hybridized carbons (Fsp3) is 0.150. The first-order valence-corrected chi connectivity index (χ1v) is 10.5. The smallest absolute Gasteiger partial charge is 0.257 e. The van der Waals surface area contributed by atoms with Crippen molar-refractivity contribution in [3.63, 3.8) is 0 Å². The Hall–Kier alpha value is -3.52. The molecule has 0 saturated carbocycles. The number of primary sulfonamides is 1. The number of carbonyl (C=O) groups excluding carboxylic acids is 1. The highest BCUT2D eigenvalue weighted by Crippen LogP contribution is 2.25. The molecular formula is C20H19N5O4S. The van der Waals surface area contributed by atoms with E-state index in [1.165, 1.54) is 35.3 Å². The average molecular weight is 425 g/mol. The Morgan fingerprint density at radius 2 is 2.07 bits per heavy atom. The van der Waals surface area contributed by atoms with Crippen LogP contribution in [-0.2, 0) is 21.2 Å². The van der Waals surface area contributed by atoms with Gasteiger partial charge >= 0.3 is 0 Å². The Morgan fingerprint density at radius 3 is 2.70 bits per heavy atom. The Bertz CT molecular complexity index is 1240. The Labute approximate surface area is 173 Å². The number of sulfonamides is 1. The maximum Gasteiger partial charge on any atom is 0.257 e. The van der Waals surface area contributed by atoms with Gasteiger partial charge in [-0.1, -0.05) is 31.2 Å². The number of rotatable bonds is 6. The van der Waals surface area contributed by atoms with E-state index in [9.17, 15) is 18.3 Å². The third-order valence-corrected chi connectivity index (χ3v) is 5.41. The third-order valence-electron chi connectivity index (χ3n) is 4.47. The van der Waals surface area contributed by atoms with E-state index in [-0.39, 0.29) is 21.8 Å². The molecule has 1 atom stereocenters. The molecule has 0 bridgehead atoms. The number of nitriles is 1. The van der Waals surface area contributed by atoms with Crippen LogP contribution < -0.4 is 10.5 Å². The number of aryl methyl sites for hydroxylation is 1. The van der Waals surface area contributed by atoms with Gasteiger partial charge in [0.2, 0.25) is 10.0 Å². The van der Waals surface area contributed by atoms with Crippen molar-refractivity contribution < 1.29 is 18.3 Å². The molecule has 9 nitrogen and oxygen atoms in total. The molecule has 0 spiro atoms. The van der Waals surface area contributed by atoms with E-state index in [1.54, 1.807) is 12.1 Å². The van der Waals surface area contributed by atoms with Crippen molar-refractivity contribution in [2.75, 3.05) is 5.32 Å². The average Bonchev–Trinajstić information content (AvgIpc) is 3.21. The van der Waals surface area contributed by atoms with Crippen molar-refractivity contribution in [1.29, 1.82) is 5.26 Å². The van der Waals surface area contributed by atoms with Crippen LogP contribution in [0.2, 0.25) is 0 Å². The van der Waals surface area contributed by atoms with Crippen LogP contribution in [0.5, 0.6) is 0 Å². The predicted octanol–water partition coefficient (Wildman–Crippen LogP) is 1.63. The summed E-state index contributed by atoms with van der Waals surface area (Å²) in [6.45, 7) is 1.91. The van der Waals surface area contributed by atoms with E-state index in [4.69, 9.17) is 10.4 Å². The zero-order chi connectivity index (χ0) is 21.9. The highest BCUT2D eigenvalue weighted by atomic mass is 32.2. The van der Waals surface area contributed by atoms with Gasteiger partial charge in [0.15, 0.2) is 6.10 Å². The molecule has 3 aromatic rings. The van der Waals surface area contributed by atoms with Crippen LogP contribution in [0, 0.1) is 11.3 Å². The second-order valence-electron chi connectivity index (χ2n) is 6.46. The molecule has 4 N–H and O–H groups in total. The summed E-state index contributed by atoms with van der Waals surface area (Å²) in [6.07, 6.45) is 1.85. The van der Waals surface area contributed by atoms with Crippen LogP contribution in [0.4, 0.5) is 5.69 Å². The number of benzene rings is 2. The normalized spacial score (nSPS) is 12.2. The maximum absolute atomic E-state index is 12.5. The summed E-state index contributed by atoms with van der Waals surface area (Å²) in [5.74, 6) is -0.713. The highest BCUT2D eigenvalue weighted by Gasteiger charge is 2.22.